The Hall–Kier alpha value is -0.760. The number of rotatable bonds is 9. The van der Waals surface area contributed by atoms with E-state index in [0.29, 0.717) is 24.3 Å². The van der Waals surface area contributed by atoms with Crippen LogP contribution in [0.5, 0.6) is 0 Å². The second-order valence-corrected chi connectivity index (χ2v) is 8.24. The molecule has 7 heteroatoms. The summed E-state index contributed by atoms with van der Waals surface area (Å²) in [5.41, 5.74) is 5.71. The number of aliphatic hydroxyl groups is 1. The number of anilines is 1. The van der Waals surface area contributed by atoms with E-state index < -0.39 is 15.6 Å². The van der Waals surface area contributed by atoms with Gasteiger partial charge in [0.15, 0.2) is 0 Å². The minimum absolute atomic E-state index is 0.0347. The fourth-order valence-electron chi connectivity index (χ4n) is 1.81. The molecule has 1 rings (SSSR count). The Morgan fingerprint density at radius 1 is 1.33 bits per heavy atom. The van der Waals surface area contributed by atoms with E-state index in [1.165, 1.54) is 11.8 Å². The Labute approximate surface area is 131 Å². The molecule has 21 heavy (non-hydrogen) atoms. The Bertz CT molecular complexity index is 532. The first-order chi connectivity index (χ1) is 9.80. The van der Waals surface area contributed by atoms with Crippen molar-refractivity contribution in [2.75, 3.05) is 23.8 Å². The van der Waals surface area contributed by atoms with E-state index in [1.54, 1.807) is 12.1 Å². The van der Waals surface area contributed by atoms with Gasteiger partial charge in [-0.15, -0.1) is 11.8 Å². The molecule has 1 atom stereocenters. The number of aliphatic hydroxyl groups excluding tert-OH is 1. The van der Waals surface area contributed by atoms with E-state index in [9.17, 15) is 8.42 Å². The lowest BCUT2D eigenvalue weighted by atomic mass is 9.97. The summed E-state index contributed by atoms with van der Waals surface area (Å²) >= 11 is 1.48. The Morgan fingerprint density at radius 2 is 1.95 bits per heavy atom. The molecular formula is C14H24N2O3S2. The first kappa shape index (κ1) is 18.3. The van der Waals surface area contributed by atoms with Crippen LogP contribution in [0.15, 0.2) is 29.2 Å². The van der Waals surface area contributed by atoms with Crippen LogP contribution in [0.25, 0.3) is 0 Å². The first-order valence-electron chi connectivity index (χ1n) is 6.91. The zero-order valence-corrected chi connectivity index (χ0v) is 14.1. The lowest BCUT2D eigenvalue weighted by molar-refractivity contribution is 0.233. The van der Waals surface area contributed by atoms with Gasteiger partial charge in [0.05, 0.1) is 5.75 Å². The summed E-state index contributed by atoms with van der Waals surface area (Å²) in [6.07, 6.45) is 1.05. The summed E-state index contributed by atoms with van der Waals surface area (Å²) in [4.78, 5) is 0.994. The highest BCUT2D eigenvalue weighted by atomic mass is 32.2. The van der Waals surface area contributed by atoms with Crippen molar-refractivity contribution >= 4 is 27.5 Å². The van der Waals surface area contributed by atoms with Crippen molar-refractivity contribution in [3.05, 3.63) is 24.3 Å². The number of nitrogens with two attached hydrogens (primary N) is 1. The van der Waals surface area contributed by atoms with Crippen LogP contribution in [-0.2, 0) is 10.0 Å². The molecule has 0 aliphatic heterocycles. The van der Waals surface area contributed by atoms with E-state index in [2.05, 4.69) is 4.72 Å². The maximum Gasteiger partial charge on any atom is 0.212 e. The minimum Gasteiger partial charge on any atom is -0.399 e. The maximum atomic E-state index is 12.1. The van der Waals surface area contributed by atoms with E-state index in [-0.39, 0.29) is 12.4 Å². The molecule has 0 radical (unpaired) electrons. The van der Waals surface area contributed by atoms with Gasteiger partial charge in [-0.25, -0.2) is 13.1 Å². The van der Waals surface area contributed by atoms with Gasteiger partial charge in [0.25, 0.3) is 0 Å². The van der Waals surface area contributed by atoms with Crippen molar-refractivity contribution in [1.29, 1.82) is 0 Å². The van der Waals surface area contributed by atoms with E-state index >= 15 is 0 Å². The van der Waals surface area contributed by atoms with Crippen LogP contribution < -0.4 is 10.5 Å². The predicted molar refractivity (Wildman–Crippen MR) is 88.9 cm³/mol. The molecule has 1 aromatic rings. The fourth-order valence-corrected chi connectivity index (χ4v) is 4.68. The highest BCUT2D eigenvalue weighted by molar-refractivity contribution is 8.00. The van der Waals surface area contributed by atoms with Crippen LogP contribution >= 0.6 is 11.8 Å². The maximum absolute atomic E-state index is 12.1. The number of thioether (sulfide) groups is 1. The van der Waals surface area contributed by atoms with Crippen LogP contribution in [-0.4, -0.2) is 37.2 Å². The standard InChI is InChI=1S/C14H24N2O3S2/c1-3-14(2,8-9-17)16-21(18,19)11-10-20-13-6-4-12(15)5-7-13/h4-7,16-17H,3,8-11,15H2,1-2H3. The van der Waals surface area contributed by atoms with Gasteiger partial charge in [-0.1, -0.05) is 6.92 Å². The molecule has 0 saturated heterocycles. The topological polar surface area (TPSA) is 92.4 Å². The van der Waals surface area contributed by atoms with Gasteiger partial charge in [-0.3, -0.25) is 0 Å². The van der Waals surface area contributed by atoms with Crippen molar-refractivity contribution in [2.45, 2.75) is 37.1 Å². The molecule has 0 aromatic heterocycles. The SMILES string of the molecule is CCC(C)(CCO)NS(=O)(=O)CCSc1ccc(N)cc1. The largest absolute Gasteiger partial charge is 0.399 e. The molecule has 0 amide bonds. The predicted octanol–water partition coefficient (Wildman–Crippen LogP) is 1.83. The molecule has 0 heterocycles. The molecule has 0 saturated carbocycles. The molecule has 0 aliphatic rings. The number of hydrogen-bond donors (Lipinski definition) is 3. The number of nitrogen functional groups attached to an aromatic ring is 1. The van der Waals surface area contributed by atoms with Gasteiger partial charge in [0.1, 0.15) is 0 Å². The fraction of sp³-hybridized carbons (Fsp3) is 0.571. The summed E-state index contributed by atoms with van der Waals surface area (Å²) < 4.78 is 26.9. The van der Waals surface area contributed by atoms with Gasteiger partial charge < -0.3 is 10.8 Å². The molecule has 0 fully saturated rings. The van der Waals surface area contributed by atoms with Crippen molar-refractivity contribution in [3.63, 3.8) is 0 Å². The summed E-state index contributed by atoms with van der Waals surface area (Å²) in [7, 11) is -3.36. The van der Waals surface area contributed by atoms with Crippen LogP contribution in [0.1, 0.15) is 26.7 Å². The number of sulfonamides is 1. The van der Waals surface area contributed by atoms with Crippen LogP contribution in [0.2, 0.25) is 0 Å². The third kappa shape index (κ3) is 6.69. The molecule has 120 valence electrons. The second-order valence-electron chi connectivity index (χ2n) is 5.23. The van der Waals surface area contributed by atoms with Crippen LogP contribution in [0.3, 0.4) is 0 Å². The molecule has 1 unspecified atom stereocenters. The summed E-state index contributed by atoms with van der Waals surface area (Å²) in [5, 5.41) is 9.03. The highest BCUT2D eigenvalue weighted by Gasteiger charge is 2.27. The van der Waals surface area contributed by atoms with Crippen molar-refractivity contribution < 1.29 is 13.5 Å². The number of nitrogens with one attached hydrogen (secondary N) is 1. The molecule has 0 spiro atoms. The summed E-state index contributed by atoms with van der Waals surface area (Å²) in [6.45, 7) is 3.68. The molecular weight excluding hydrogens is 308 g/mol. The van der Waals surface area contributed by atoms with E-state index in [0.717, 1.165) is 4.90 Å². The lowest BCUT2D eigenvalue weighted by Crippen LogP contribution is -2.47. The van der Waals surface area contributed by atoms with Crippen LogP contribution in [0.4, 0.5) is 5.69 Å². The average molecular weight is 332 g/mol. The molecule has 0 aliphatic carbocycles. The van der Waals surface area contributed by atoms with Gasteiger partial charge in [0, 0.05) is 28.5 Å². The van der Waals surface area contributed by atoms with Gasteiger partial charge >= 0.3 is 0 Å². The van der Waals surface area contributed by atoms with Crippen molar-refractivity contribution in [3.8, 4) is 0 Å². The Morgan fingerprint density at radius 3 is 2.48 bits per heavy atom. The minimum atomic E-state index is -3.36. The second kappa shape index (κ2) is 8.03. The van der Waals surface area contributed by atoms with Crippen molar-refractivity contribution in [1.82, 2.24) is 4.72 Å². The smallest absolute Gasteiger partial charge is 0.212 e. The number of benzene rings is 1. The Balaban J connectivity index is 2.51. The van der Waals surface area contributed by atoms with E-state index in [4.69, 9.17) is 10.8 Å². The highest BCUT2D eigenvalue weighted by Crippen LogP contribution is 2.20. The molecule has 5 nitrogen and oxygen atoms in total. The molecule has 0 bridgehead atoms. The quantitative estimate of drug-likeness (QED) is 0.474. The zero-order chi connectivity index (χ0) is 15.9. The van der Waals surface area contributed by atoms with Crippen molar-refractivity contribution in [2.24, 2.45) is 0 Å². The molecule has 4 N–H and O–H groups in total. The average Bonchev–Trinajstić information content (AvgIpc) is 2.40. The third-order valence-electron chi connectivity index (χ3n) is 3.35. The number of hydrogen-bond acceptors (Lipinski definition) is 5. The summed E-state index contributed by atoms with van der Waals surface area (Å²) in [5.74, 6) is 0.515. The van der Waals surface area contributed by atoms with E-state index in [1.807, 2.05) is 26.0 Å². The normalized spacial score (nSPS) is 14.8. The first-order valence-corrected chi connectivity index (χ1v) is 9.55. The third-order valence-corrected chi connectivity index (χ3v) is 6.16. The van der Waals surface area contributed by atoms with Crippen LogP contribution in [0, 0.1) is 0 Å². The zero-order valence-electron chi connectivity index (χ0n) is 12.5. The van der Waals surface area contributed by atoms with Gasteiger partial charge in [0.2, 0.25) is 10.0 Å². The monoisotopic (exact) mass is 332 g/mol. The van der Waals surface area contributed by atoms with Gasteiger partial charge in [-0.05, 0) is 44.0 Å². The summed E-state index contributed by atoms with van der Waals surface area (Å²) in [6, 6.07) is 7.35. The molecule has 1 aromatic carbocycles. The Kier molecular flexibility index (Phi) is 6.99. The van der Waals surface area contributed by atoms with Gasteiger partial charge in [-0.2, -0.15) is 0 Å². The lowest BCUT2D eigenvalue weighted by Gasteiger charge is -2.28.